The highest BCUT2D eigenvalue weighted by molar-refractivity contribution is 5.55. The number of nitrogens with zero attached hydrogens (tertiary/aromatic N) is 1. The van der Waals surface area contributed by atoms with Crippen molar-refractivity contribution >= 4 is 6.21 Å². The van der Waals surface area contributed by atoms with Crippen LogP contribution in [0.4, 0.5) is 0 Å². The molecule has 0 amide bonds. The molecule has 0 aromatic heterocycles. The molecule has 0 aliphatic heterocycles. The third-order valence-corrected chi connectivity index (χ3v) is 0.249. The van der Waals surface area contributed by atoms with E-state index in [4.69, 9.17) is 0 Å². The SMILES string of the molecule is CC/[C]=N\N. The lowest BCUT2D eigenvalue weighted by molar-refractivity contribution is 1.21. The van der Waals surface area contributed by atoms with Crippen LogP contribution in [0.5, 0.6) is 0 Å². The lowest BCUT2D eigenvalue weighted by Crippen LogP contribution is -1.78. The van der Waals surface area contributed by atoms with Gasteiger partial charge in [-0.2, -0.15) is 5.10 Å². The molecule has 1 radical (unpaired) electrons. The van der Waals surface area contributed by atoms with Crippen LogP contribution in [0.15, 0.2) is 5.10 Å². The Balaban J connectivity index is 2.62. The van der Waals surface area contributed by atoms with Crippen LogP contribution >= 0.6 is 0 Å². The fraction of sp³-hybridized carbons (Fsp3) is 0.667. The number of hydrogen-bond donors (Lipinski definition) is 1. The molecule has 29 valence electrons. The van der Waals surface area contributed by atoms with Gasteiger partial charge in [-0.1, -0.05) is 6.92 Å². The monoisotopic (exact) mass is 71.1 g/mol. The molecule has 0 fully saturated rings. The van der Waals surface area contributed by atoms with Crippen LogP contribution in [0.1, 0.15) is 13.3 Å². The highest BCUT2D eigenvalue weighted by atomic mass is 15.1. The van der Waals surface area contributed by atoms with Crippen molar-refractivity contribution in [3.63, 3.8) is 0 Å². The second-order valence-electron chi connectivity index (χ2n) is 0.641. The molecule has 2 heteroatoms. The maximum absolute atomic E-state index is 4.65. The number of rotatable bonds is 1. The molecule has 0 spiro atoms. The summed E-state index contributed by atoms with van der Waals surface area (Å²) in [6, 6.07) is 0. The second-order valence-corrected chi connectivity index (χ2v) is 0.641. The van der Waals surface area contributed by atoms with Gasteiger partial charge < -0.3 is 5.84 Å². The minimum absolute atomic E-state index is 0.802. The quantitative estimate of drug-likeness (QED) is 0.268. The Hall–Kier alpha value is -0.530. The molecule has 0 aromatic rings. The van der Waals surface area contributed by atoms with Gasteiger partial charge in [0.25, 0.3) is 0 Å². The van der Waals surface area contributed by atoms with Crippen molar-refractivity contribution in [2.45, 2.75) is 13.3 Å². The highest BCUT2D eigenvalue weighted by Gasteiger charge is 1.56. The summed E-state index contributed by atoms with van der Waals surface area (Å²) in [5.74, 6) is 4.65. The summed E-state index contributed by atoms with van der Waals surface area (Å²) >= 11 is 0. The van der Waals surface area contributed by atoms with Crippen molar-refractivity contribution in [1.29, 1.82) is 0 Å². The largest absolute Gasteiger partial charge is 0.323 e. The van der Waals surface area contributed by atoms with E-state index < -0.39 is 0 Å². The number of hydrogen-bond acceptors (Lipinski definition) is 2. The third kappa shape index (κ3) is 3.47. The summed E-state index contributed by atoms with van der Waals surface area (Å²) < 4.78 is 0. The van der Waals surface area contributed by atoms with Gasteiger partial charge in [0.2, 0.25) is 0 Å². The molecule has 5 heavy (non-hydrogen) atoms. The Bertz CT molecular complexity index is 31.9. The maximum atomic E-state index is 4.65. The molecule has 0 rings (SSSR count). The summed E-state index contributed by atoms with van der Waals surface area (Å²) in [4.78, 5) is 0. The Labute approximate surface area is 31.7 Å². The van der Waals surface area contributed by atoms with E-state index in [1.165, 1.54) is 0 Å². The zero-order chi connectivity index (χ0) is 4.12. The Kier molecular flexibility index (Phi) is 3.10. The third-order valence-electron chi connectivity index (χ3n) is 0.249. The topological polar surface area (TPSA) is 38.4 Å². The lowest BCUT2D eigenvalue weighted by atomic mass is 10.6. The first kappa shape index (κ1) is 4.47. The molecular formula is C3H7N2. The smallest absolute Gasteiger partial charge is 0.0829 e. The summed E-state index contributed by atoms with van der Waals surface area (Å²) in [5, 5.41) is 3.10. The van der Waals surface area contributed by atoms with Crippen molar-refractivity contribution in [1.82, 2.24) is 0 Å². The van der Waals surface area contributed by atoms with E-state index in [1.54, 1.807) is 0 Å². The molecule has 2 N–H and O–H groups in total. The molecule has 2 nitrogen and oxygen atoms in total. The lowest BCUT2D eigenvalue weighted by Gasteiger charge is -1.64. The van der Waals surface area contributed by atoms with Gasteiger partial charge in [0.1, 0.15) is 0 Å². The Morgan fingerprint density at radius 3 is 2.60 bits per heavy atom. The van der Waals surface area contributed by atoms with Crippen LogP contribution in [0.3, 0.4) is 0 Å². The van der Waals surface area contributed by atoms with Crippen molar-refractivity contribution < 1.29 is 0 Å². The maximum Gasteiger partial charge on any atom is 0.0829 e. The van der Waals surface area contributed by atoms with E-state index >= 15 is 0 Å². The van der Waals surface area contributed by atoms with E-state index in [-0.39, 0.29) is 0 Å². The van der Waals surface area contributed by atoms with Gasteiger partial charge in [0, 0.05) is 0 Å². The van der Waals surface area contributed by atoms with Crippen molar-refractivity contribution in [3.8, 4) is 0 Å². The molecule has 0 bridgehead atoms. The second kappa shape index (κ2) is 3.47. The molecule has 0 atom stereocenters. The van der Waals surface area contributed by atoms with E-state index in [9.17, 15) is 0 Å². The molecule has 0 saturated heterocycles. The summed E-state index contributed by atoms with van der Waals surface area (Å²) in [5.41, 5.74) is 0. The van der Waals surface area contributed by atoms with Crippen LogP contribution in [0, 0.1) is 0 Å². The van der Waals surface area contributed by atoms with Crippen LogP contribution in [0.25, 0.3) is 0 Å². The van der Waals surface area contributed by atoms with E-state index in [0.29, 0.717) is 0 Å². The zero-order valence-corrected chi connectivity index (χ0v) is 3.23. The van der Waals surface area contributed by atoms with Gasteiger partial charge in [-0.25, -0.2) is 0 Å². The molecule has 0 heterocycles. The van der Waals surface area contributed by atoms with E-state index in [2.05, 4.69) is 17.2 Å². The summed E-state index contributed by atoms with van der Waals surface area (Å²) in [6.45, 7) is 1.93. The van der Waals surface area contributed by atoms with Crippen LogP contribution < -0.4 is 5.84 Å². The Morgan fingerprint density at radius 2 is 2.60 bits per heavy atom. The molecule has 0 aromatic carbocycles. The average Bonchev–Trinajstić information content (AvgIpc) is 1.41. The normalized spacial score (nSPS) is 9.80. The van der Waals surface area contributed by atoms with Crippen molar-refractivity contribution in [2.75, 3.05) is 0 Å². The first-order chi connectivity index (χ1) is 2.41. The molecular weight excluding hydrogens is 64.0 g/mol. The highest BCUT2D eigenvalue weighted by Crippen LogP contribution is 1.58. The van der Waals surface area contributed by atoms with Crippen LogP contribution in [-0.4, -0.2) is 6.21 Å². The summed E-state index contributed by atoms with van der Waals surface area (Å²) in [7, 11) is 0. The molecule has 0 saturated carbocycles. The molecule has 0 aliphatic carbocycles. The standard InChI is InChI=1S/C3H7N2/c1-2-3-5-4/h2,4H2,1H3. The van der Waals surface area contributed by atoms with Gasteiger partial charge in [-0.3, -0.25) is 0 Å². The van der Waals surface area contributed by atoms with Crippen LogP contribution in [-0.2, 0) is 0 Å². The number of hydrazone groups is 1. The predicted octanol–water partition coefficient (Wildman–Crippen LogP) is 0.218. The minimum Gasteiger partial charge on any atom is -0.323 e. The van der Waals surface area contributed by atoms with Crippen LogP contribution in [0.2, 0.25) is 0 Å². The van der Waals surface area contributed by atoms with Gasteiger partial charge in [0.05, 0.1) is 6.21 Å². The minimum atomic E-state index is 0.802. The van der Waals surface area contributed by atoms with Crippen molar-refractivity contribution in [3.05, 3.63) is 0 Å². The first-order valence-electron chi connectivity index (χ1n) is 1.54. The van der Waals surface area contributed by atoms with E-state index in [1.807, 2.05) is 6.92 Å². The van der Waals surface area contributed by atoms with Gasteiger partial charge in [-0.05, 0) is 6.42 Å². The Morgan fingerprint density at radius 1 is 2.00 bits per heavy atom. The molecule has 0 unspecified atom stereocenters. The summed E-state index contributed by atoms with van der Waals surface area (Å²) in [6.07, 6.45) is 3.32. The van der Waals surface area contributed by atoms with E-state index in [0.717, 1.165) is 6.42 Å². The first-order valence-corrected chi connectivity index (χ1v) is 1.54. The van der Waals surface area contributed by atoms with Gasteiger partial charge in [0.15, 0.2) is 0 Å². The van der Waals surface area contributed by atoms with Gasteiger partial charge in [-0.15, -0.1) is 0 Å². The van der Waals surface area contributed by atoms with Gasteiger partial charge >= 0.3 is 0 Å². The fourth-order valence-corrected chi connectivity index (χ4v) is 0.0913. The fourth-order valence-electron chi connectivity index (χ4n) is 0.0913. The predicted molar refractivity (Wildman–Crippen MR) is 21.9 cm³/mol. The average molecular weight is 71.1 g/mol. The number of nitrogens with two attached hydrogens (primary N) is 1. The molecule has 0 aliphatic rings. The van der Waals surface area contributed by atoms with Crippen molar-refractivity contribution in [2.24, 2.45) is 10.9 Å². The zero-order valence-electron chi connectivity index (χ0n) is 3.23.